The van der Waals surface area contributed by atoms with Gasteiger partial charge in [-0.25, -0.2) is 0 Å². The molecule has 0 heterocycles. The van der Waals surface area contributed by atoms with Gasteiger partial charge in [-0.05, 0) is 25.2 Å². The largest absolute Gasteiger partial charge is 0.480 e. The fourth-order valence-electron chi connectivity index (χ4n) is 0.965. The summed E-state index contributed by atoms with van der Waals surface area (Å²) >= 11 is 0. The number of halogens is 1. The topological polar surface area (TPSA) is 63.3 Å². The summed E-state index contributed by atoms with van der Waals surface area (Å²) in [5, 5.41) is 8.69. The zero-order valence-corrected chi connectivity index (χ0v) is 7.57. The molecular weight excluding hydrogens is 166 g/mol. The quantitative estimate of drug-likeness (QED) is 0.665. The summed E-state index contributed by atoms with van der Waals surface area (Å²) < 4.78 is 0. The third-order valence-electron chi connectivity index (χ3n) is 2.70. The van der Waals surface area contributed by atoms with Gasteiger partial charge in [0.25, 0.3) is 0 Å². The standard InChI is InChI=1S/C7H13NO2.ClH/c1-6(3-4-6)7(2,8)5(9)10;/h3-4,8H2,1-2H3,(H,9,10);1H. The molecule has 1 aliphatic rings. The first-order valence-corrected chi connectivity index (χ1v) is 3.42. The van der Waals surface area contributed by atoms with Crippen LogP contribution in [0, 0.1) is 5.41 Å². The second-order valence-corrected chi connectivity index (χ2v) is 3.57. The molecule has 1 saturated carbocycles. The number of nitrogens with two attached hydrogens (primary N) is 1. The minimum absolute atomic E-state index is 0. The van der Waals surface area contributed by atoms with E-state index in [4.69, 9.17) is 10.8 Å². The first kappa shape index (κ1) is 10.7. The molecule has 0 aromatic carbocycles. The molecule has 1 fully saturated rings. The molecule has 11 heavy (non-hydrogen) atoms. The van der Waals surface area contributed by atoms with Gasteiger partial charge in [0.1, 0.15) is 5.54 Å². The van der Waals surface area contributed by atoms with Gasteiger partial charge in [-0.1, -0.05) is 6.92 Å². The Balaban J connectivity index is 0.000001000. The predicted octanol–water partition coefficient (Wildman–Crippen LogP) is 1.01. The van der Waals surface area contributed by atoms with E-state index < -0.39 is 11.5 Å². The molecule has 1 atom stereocenters. The van der Waals surface area contributed by atoms with Crippen LogP contribution in [0.1, 0.15) is 26.7 Å². The van der Waals surface area contributed by atoms with Gasteiger partial charge in [0, 0.05) is 0 Å². The Hall–Kier alpha value is -0.280. The van der Waals surface area contributed by atoms with Crippen LogP contribution in [0.15, 0.2) is 0 Å². The summed E-state index contributed by atoms with van der Waals surface area (Å²) in [6.07, 6.45) is 1.87. The summed E-state index contributed by atoms with van der Waals surface area (Å²) in [6, 6.07) is 0. The van der Waals surface area contributed by atoms with Gasteiger partial charge in [0.05, 0.1) is 0 Å². The van der Waals surface area contributed by atoms with Gasteiger partial charge in [0.2, 0.25) is 0 Å². The monoisotopic (exact) mass is 179 g/mol. The van der Waals surface area contributed by atoms with E-state index in [9.17, 15) is 4.79 Å². The minimum Gasteiger partial charge on any atom is -0.480 e. The fourth-order valence-corrected chi connectivity index (χ4v) is 0.965. The van der Waals surface area contributed by atoms with E-state index in [2.05, 4.69) is 0 Å². The highest BCUT2D eigenvalue weighted by Gasteiger charge is 2.55. The molecule has 0 saturated heterocycles. The minimum atomic E-state index is -1.03. The number of hydrogen-bond donors (Lipinski definition) is 2. The van der Waals surface area contributed by atoms with Crippen LogP contribution in [0.4, 0.5) is 0 Å². The lowest BCUT2D eigenvalue weighted by Crippen LogP contribution is -2.51. The Morgan fingerprint density at radius 1 is 1.64 bits per heavy atom. The molecule has 3 nitrogen and oxygen atoms in total. The molecule has 0 aromatic heterocycles. The van der Waals surface area contributed by atoms with Gasteiger partial charge < -0.3 is 10.8 Å². The van der Waals surface area contributed by atoms with Crippen LogP contribution in [-0.2, 0) is 4.79 Å². The third-order valence-corrected chi connectivity index (χ3v) is 2.70. The van der Waals surface area contributed by atoms with Crippen LogP contribution in [-0.4, -0.2) is 16.6 Å². The van der Waals surface area contributed by atoms with E-state index in [1.165, 1.54) is 0 Å². The maximum Gasteiger partial charge on any atom is 0.323 e. The van der Waals surface area contributed by atoms with Crippen molar-refractivity contribution in [2.45, 2.75) is 32.2 Å². The van der Waals surface area contributed by atoms with Crippen molar-refractivity contribution in [3.63, 3.8) is 0 Å². The highest BCUT2D eigenvalue weighted by atomic mass is 35.5. The lowest BCUT2D eigenvalue weighted by Gasteiger charge is -2.26. The van der Waals surface area contributed by atoms with Crippen molar-refractivity contribution in [2.75, 3.05) is 0 Å². The highest BCUT2D eigenvalue weighted by molar-refractivity contribution is 5.85. The number of carboxylic acid groups (broad SMARTS) is 1. The van der Waals surface area contributed by atoms with Crippen LogP contribution in [0.25, 0.3) is 0 Å². The van der Waals surface area contributed by atoms with E-state index in [0.29, 0.717) is 0 Å². The second-order valence-electron chi connectivity index (χ2n) is 3.57. The van der Waals surface area contributed by atoms with Crippen molar-refractivity contribution in [3.05, 3.63) is 0 Å². The van der Waals surface area contributed by atoms with Gasteiger partial charge in [-0.3, -0.25) is 4.79 Å². The molecule has 1 aliphatic carbocycles. The van der Waals surface area contributed by atoms with Crippen molar-refractivity contribution >= 4 is 18.4 Å². The number of carbonyl (C=O) groups is 1. The Morgan fingerprint density at radius 2 is 2.00 bits per heavy atom. The third kappa shape index (κ3) is 1.49. The molecule has 1 rings (SSSR count). The van der Waals surface area contributed by atoms with Crippen molar-refractivity contribution < 1.29 is 9.90 Å². The van der Waals surface area contributed by atoms with E-state index in [-0.39, 0.29) is 17.8 Å². The lowest BCUT2D eigenvalue weighted by atomic mass is 9.85. The zero-order chi connectivity index (χ0) is 7.99. The number of rotatable bonds is 2. The van der Waals surface area contributed by atoms with Crippen LogP contribution >= 0.6 is 12.4 Å². The summed E-state index contributed by atoms with van der Waals surface area (Å²) in [6.45, 7) is 3.50. The van der Waals surface area contributed by atoms with Gasteiger partial charge in [-0.15, -0.1) is 12.4 Å². The molecule has 1 unspecified atom stereocenters. The first-order chi connectivity index (χ1) is 4.40. The second kappa shape index (κ2) is 2.64. The average molecular weight is 180 g/mol. The van der Waals surface area contributed by atoms with Crippen molar-refractivity contribution in [2.24, 2.45) is 11.1 Å². The fraction of sp³-hybridized carbons (Fsp3) is 0.857. The molecule has 0 amide bonds. The molecule has 4 heteroatoms. The number of carboxylic acids is 1. The van der Waals surface area contributed by atoms with Crippen molar-refractivity contribution in [1.82, 2.24) is 0 Å². The van der Waals surface area contributed by atoms with Gasteiger partial charge in [0.15, 0.2) is 0 Å². The van der Waals surface area contributed by atoms with Gasteiger partial charge >= 0.3 is 5.97 Å². The lowest BCUT2D eigenvalue weighted by molar-refractivity contribution is -0.145. The van der Waals surface area contributed by atoms with Crippen LogP contribution in [0.5, 0.6) is 0 Å². The molecule has 0 aliphatic heterocycles. The summed E-state index contributed by atoms with van der Waals surface area (Å²) in [7, 11) is 0. The normalized spacial score (nSPS) is 24.6. The predicted molar refractivity (Wildman–Crippen MR) is 44.8 cm³/mol. The smallest absolute Gasteiger partial charge is 0.323 e. The molecule has 0 bridgehead atoms. The first-order valence-electron chi connectivity index (χ1n) is 3.42. The Morgan fingerprint density at radius 3 is 2.09 bits per heavy atom. The van der Waals surface area contributed by atoms with E-state index in [1.54, 1.807) is 6.92 Å². The average Bonchev–Trinajstić information content (AvgIpc) is 2.48. The SMILES string of the molecule is CC1(C(C)(N)C(=O)O)CC1.Cl. The van der Waals surface area contributed by atoms with Crippen LogP contribution < -0.4 is 5.73 Å². The van der Waals surface area contributed by atoms with E-state index in [0.717, 1.165) is 12.8 Å². The van der Waals surface area contributed by atoms with Crippen molar-refractivity contribution in [1.29, 1.82) is 0 Å². The number of hydrogen-bond acceptors (Lipinski definition) is 2. The van der Waals surface area contributed by atoms with E-state index >= 15 is 0 Å². The van der Waals surface area contributed by atoms with E-state index in [1.807, 2.05) is 6.92 Å². The molecule has 66 valence electrons. The molecule has 0 radical (unpaired) electrons. The number of aliphatic carboxylic acids is 1. The summed E-state index contributed by atoms with van der Waals surface area (Å²) in [5.74, 6) is -0.896. The highest BCUT2D eigenvalue weighted by Crippen LogP contribution is 2.52. The maximum absolute atomic E-state index is 10.6. The summed E-state index contributed by atoms with van der Waals surface area (Å²) in [5.41, 5.74) is 4.41. The maximum atomic E-state index is 10.6. The Kier molecular flexibility index (Phi) is 2.58. The molecule has 0 spiro atoms. The van der Waals surface area contributed by atoms with Crippen LogP contribution in [0.2, 0.25) is 0 Å². The Labute approximate surface area is 72.4 Å². The Bertz CT molecular complexity index is 175. The van der Waals surface area contributed by atoms with Gasteiger partial charge in [-0.2, -0.15) is 0 Å². The molecule has 0 aromatic rings. The van der Waals surface area contributed by atoms with Crippen LogP contribution in [0.3, 0.4) is 0 Å². The summed E-state index contributed by atoms with van der Waals surface area (Å²) in [4.78, 5) is 10.6. The molecule has 3 N–H and O–H groups in total. The zero-order valence-electron chi connectivity index (χ0n) is 6.76. The van der Waals surface area contributed by atoms with Crippen molar-refractivity contribution in [3.8, 4) is 0 Å². The molecular formula is C7H14ClNO2.